The van der Waals surface area contributed by atoms with E-state index in [1.807, 2.05) is 55.8 Å². The van der Waals surface area contributed by atoms with Gasteiger partial charge < -0.3 is 13.7 Å². The Morgan fingerprint density at radius 3 is 2.74 bits per heavy atom. The van der Waals surface area contributed by atoms with Crippen molar-refractivity contribution in [1.82, 2.24) is 14.8 Å². The van der Waals surface area contributed by atoms with Gasteiger partial charge in [0, 0.05) is 12.8 Å². The van der Waals surface area contributed by atoms with Gasteiger partial charge in [0.25, 0.3) is 0 Å². The Kier molecular flexibility index (Phi) is 4.71. The minimum atomic E-state index is 0.627. The molecule has 0 unspecified atom stereocenters. The fourth-order valence-corrected chi connectivity index (χ4v) is 3.02. The summed E-state index contributed by atoms with van der Waals surface area (Å²) in [4.78, 5) is 0. The highest BCUT2D eigenvalue weighted by Crippen LogP contribution is 2.26. The molecule has 0 atom stereocenters. The lowest BCUT2D eigenvalue weighted by atomic mass is 10.2. The van der Waals surface area contributed by atoms with E-state index in [0.29, 0.717) is 6.61 Å². The number of furan rings is 1. The lowest BCUT2D eigenvalue weighted by molar-refractivity contribution is 0.341. The van der Waals surface area contributed by atoms with Crippen LogP contribution in [0.2, 0.25) is 0 Å². The number of ether oxygens (including phenoxy) is 1. The Morgan fingerprint density at radius 1 is 1.17 bits per heavy atom. The van der Waals surface area contributed by atoms with Crippen LogP contribution in [0.25, 0.3) is 11.4 Å². The molecule has 0 aliphatic heterocycles. The van der Waals surface area contributed by atoms with Crippen molar-refractivity contribution >= 4 is 11.8 Å². The standard InChI is InChI=1S/C17H19N3O2S/c1-12-6-4-5-7-15(12)22-10-11-23-17-19-18-16(20(17)3)14-8-9-21-13(14)2/h4-9H,10-11H2,1-3H3. The number of aryl methyl sites for hydroxylation is 2. The summed E-state index contributed by atoms with van der Waals surface area (Å²) in [6, 6.07) is 9.94. The maximum absolute atomic E-state index is 5.80. The summed E-state index contributed by atoms with van der Waals surface area (Å²) < 4.78 is 13.1. The second-order valence-electron chi connectivity index (χ2n) is 5.22. The van der Waals surface area contributed by atoms with E-state index in [2.05, 4.69) is 10.2 Å². The van der Waals surface area contributed by atoms with Gasteiger partial charge in [0.15, 0.2) is 11.0 Å². The normalized spacial score (nSPS) is 10.9. The van der Waals surface area contributed by atoms with Crippen molar-refractivity contribution in [2.75, 3.05) is 12.4 Å². The van der Waals surface area contributed by atoms with Crippen LogP contribution in [-0.2, 0) is 7.05 Å². The molecule has 3 rings (SSSR count). The van der Waals surface area contributed by atoms with Crippen molar-refractivity contribution in [1.29, 1.82) is 0 Å². The first-order valence-corrected chi connectivity index (χ1v) is 8.40. The van der Waals surface area contributed by atoms with Gasteiger partial charge in [0.1, 0.15) is 11.5 Å². The maximum atomic E-state index is 5.80. The largest absolute Gasteiger partial charge is 0.492 e. The van der Waals surface area contributed by atoms with Gasteiger partial charge in [-0.05, 0) is 31.5 Å². The quantitative estimate of drug-likeness (QED) is 0.508. The minimum Gasteiger partial charge on any atom is -0.492 e. The van der Waals surface area contributed by atoms with Crippen LogP contribution >= 0.6 is 11.8 Å². The zero-order valence-corrected chi connectivity index (χ0v) is 14.3. The van der Waals surface area contributed by atoms with Gasteiger partial charge in [0.05, 0.1) is 18.4 Å². The minimum absolute atomic E-state index is 0.627. The van der Waals surface area contributed by atoms with Crippen LogP contribution in [0.5, 0.6) is 5.75 Å². The summed E-state index contributed by atoms with van der Waals surface area (Å²) in [5.74, 6) is 3.41. The average molecular weight is 329 g/mol. The van der Waals surface area contributed by atoms with Crippen LogP contribution in [0.4, 0.5) is 0 Å². The zero-order valence-electron chi connectivity index (χ0n) is 13.4. The Bertz CT molecular complexity index is 795. The van der Waals surface area contributed by atoms with Gasteiger partial charge in [-0.2, -0.15) is 0 Å². The number of thioether (sulfide) groups is 1. The molecule has 1 aromatic carbocycles. The molecule has 0 saturated heterocycles. The third-order valence-corrected chi connectivity index (χ3v) is 4.58. The van der Waals surface area contributed by atoms with E-state index in [9.17, 15) is 0 Å². The van der Waals surface area contributed by atoms with Crippen LogP contribution in [0.15, 0.2) is 46.2 Å². The van der Waals surface area contributed by atoms with Crippen molar-refractivity contribution < 1.29 is 9.15 Å². The second-order valence-corrected chi connectivity index (χ2v) is 6.28. The molecule has 6 heteroatoms. The predicted octanol–water partition coefficient (Wildman–Crippen LogP) is 3.86. The van der Waals surface area contributed by atoms with Gasteiger partial charge in [-0.25, -0.2) is 0 Å². The number of hydrogen-bond acceptors (Lipinski definition) is 5. The van der Waals surface area contributed by atoms with Crippen LogP contribution in [0.1, 0.15) is 11.3 Å². The molecule has 120 valence electrons. The third kappa shape index (κ3) is 3.42. The highest BCUT2D eigenvalue weighted by molar-refractivity contribution is 7.99. The summed E-state index contributed by atoms with van der Waals surface area (Å²) in [5, 5.41) is 9.38. The molecule has 0 fully saturated rings. The molecule has 23 heavy (non-hydrogen) atoms. The maximum Gasteiger partial charge on any atom is 0.191 e. The van der Waals surface area contributed by atoms with E-state index in [1.165, 1.54) is 0 Å². The smallest absolute Gasteiger partial charge is 0.191 e. The third-order valence-electron chi connectivity index (χ3n) is 3.60. The van der Waals surface area contributed by atoms with E-state index < -0.39 is 0 Å². The molecule has 0 spiro atoms. The Labute approximate surface area is 139 Å². The molecule has 0 saturated carbocycles. The molecule has 5 nitrogen and oxygen atoms in total. The second kappa shape index (κ2) is 6.91. The van der Waals surface area contributed by atoms with Crippen LogP contribution < -0.4 is 4.74 Å². The van der Waals surface area contributed by atoms with Crippen molar-refractivity contribution in [2.24, 2.45) is 7.05 Å². The number of benzene rings is 1. The summed E-state index contributed by atoms with van der Waals surface area (Å²) in [6.07, 6.45) is 1.67. The van der Waals surface area contributed by atoms with Gasteiger partial charge in [-0.3, -0.25) is 0 Å². The Morgan fingerprint density at radius 2 is 2.00 bits per heavy atom. The Balaban J connectivity index is 1.58. The first-order valence-electron chi connectivity index (χ1n) is 7.42. The number of aromatic nitrogens is 3. The lowest BCUT2D eigenvalue weighted by Gasteiger charge is -2.08. The van der Waals surface area contributed by atoms with E-state index in [4.69, 9.17) is 9.15 Å². The first kappa shape index (κ1) is 15.7. The van der Waals surface area contributed by atoms with Gasteiger partial charge >= 0.3 is 0 Å². The first-order chi connectivity index (χ1) is 11.2. The molecule has 0 radical (unpaired) electrons. The lowest BCUT2D eigenvalue weighted by Crippen LogP contribution is -2.03. The SMILES string of the molecule is Cc1ccccc1OCCSc1nnc(-c2ccoc2C)n1C. The molecule has 0 amide bonds. The van der Waals surface area contributed by atoms with Crippen molar-refractivity contribution in [2.45, 2.75) is 19.0 Å². The van der Waals surface area contributed by atoms with E-state index in [0.717, 1.165) is 39.4 Å². The monoisotopic (exact) mass is 329 g/mol. The fourth-order valence-electron chi connectivity index (χ4n) is 2.30. The summed E-state index contributed by atoms with van der Waals surface area (Å²) in [7, 11) is 1.96. The number of hydrogen-bond donors (Lipinski definition) is 0. The number of nitrogens with zero attached hydrogens (tertiary/aromatic N) is 3. The highest BCUT2D eigenvalue weighted by Gasteiger charge is 2.14. The van der Waals surface area contributed by atoms with Gasteiger partial charge in [-0.15, -0.1) is 10.2 Å². The fraction of sp³-hybridized carbons (Fsp3) is 0.294. The van der Waals surface area contributed by atoms with E-state index in [-0.39, 0.29) is 0 Å². The van der Waals surface area contributed by atoms with Crippen molar-refractivity contribution in [3.05, 3.63) is 47.9 Å². The summed E-state index contributed by atoms with van der Waals surface area (Å²) in [5.41, 5.74) is 2.12. The van der Waals surface area contributed by atoms with Crippen molar-refractivity contribution in [3.8, 4) is 17.1 Å². The molecule has 0 aliphatic rings. The molecular formula is C17H19N3O2S. The summed E-state index contributed by atoms with van der Waals surface area (Å²) in [6.45, 7) is 4.60. The molecule has 2 aromatic heterocycles. The van der Waals surface area contributed by atoms with E-state index >= 15 is 0 Å². The van der Waals surface area contributed by atoms with E-state index in [1.54, 1.807) is 18.0 Å². The molecule has 0 bridgehead atoms. The van der Waals surface area contributed by atoms with Gasteiger partial charge in [0.2, 0.25) is 0 Å². The number of rotatable bonds is 6. The van der Waals surface area contributed by atoms with Crippen LogP contribution in [-0.4, -0.2) is 27.1 Å². The predicted molar refractivity (Wildman–Crippen MR) is 90.8 cm³/mol. The Hall–Kier alpha value is -2.21. The molecule has 3 aromatic rings. The van der Waals surface area contributed by atoms with Crippen molar-refractivity contribution in [3.63, 3.8) is 0 Å². The molecule has 2 heterocycles. The average Bonchev–Trinajstić information content (AvgIpc) is 3.11. The van der Waals surface area contributed by atoms with Gasteiger partial charge in [-0.1, -0.05) is 30.0 Å². The highest BCUT2D eigenvalue weighted by atomic mass is 32.2. The van der Waals surface area contributed by atoms with Crippen LogP contribution in [0, 0.1) is 13.8 Å². The molecular weight excluding hydrogens is 310 g/mol. The molecule has 0 aliphatic carbocycles. The topological polar surface area (TPSA) is 53.1 Å². The summed E-state index contributed by atoms with van der Waals surface area (Å²) >= 11 is 1.63. The van der Waals surface area contributed by atoms with Crippen LogP contribution in [0.3, 0.4) is 0 Å². The molecule has 0 N–H and O–H groups in total. The number of para-hydroxylation sites is 1. The zero-order chi connectivity index (χ0) is 16.2.